The molecule has 0 saturated heterocycles. The van der Waals surface area contributed by atoms with Crippen molar-refractivity contribution < 1.29 is 14.1 Å². The second-order valence-corrected chi connectivity index (χ2v) is 8.78. The standard InChI is InChI=1S/C26H28N2O3/c1-30-20-13-11-18(12-14-20)24-17-23(28-31-24)21-9-5-10-22(21)25(29)27-26(15-6-16-26)19-7-3-2-4-8-19/h2-4,7-8,11-14,17,21-22H,5-6,9-10,15-16H2,1H3,(H,27,29)/t21-,22-/m1/s1. The van der Waals surface area contributed by atoms with Gasteiger partial charge in [-0.25, -0.2) is 0 Å². The number of carbonyl (C=O) groups excluding carboxylic acids is 1. The zero-order valence-electron chi connectivity index (χ0n) is 17.8. The van der Waals surface area contributed by atoms with Gasteiger partial charge in [0.15, 0.2) is 5.76 Å². The van der Waals surface area contributed by atoms with E-state index < -0.39 is 0 Å². The van der Waals surface area contributed by atoms with Crippen LogP contribution in [-0.4, -0.2) is 18.2 Å². The minimum atomic E-state index is -0.205. The van der Waals surface area contributed by atoms with E-state index in [0.29, 0.717) is 0 Å². The van der Waals surface area contributed by atoms with Gasteiger partial charge < -0.3 is 14.6 Å². The highest BCUT2D eigenvalue weighted by atomic mass is 16.5. The number of amides is 1. The Labute approximate surface area is 182 Å². The summed E-state index contributed by atoms with van der Waals surface area (Å²) >= 11 is 0. The van der Waals surface area contributed by atoms with Crippen molar-refractivity contribution in [3.8, 4) is 17.1 Å². The second-order valence-electron chi connectivity index (χ2n) is 8.78. The lowest BCUT2D eigenvalue weighted by Crippen LogP contribution is -2.52. The van der Waals surface area contributed by atoms with Crippen LogP contribution in [0.3, 0.4) is 0 Å². The van der Waals surface area contributed by atoms with Gasteiger partial charge >= 0.3 is 0 Å². The topological polar surface area (TPSA) is 64.4 Å². The molecular formula is C26H28N2O3. The molecule has 1 heterocycles. The lowest BCUT2D eigenvalue weighted by atomic mass is 9.71. The maximum atomic E-state index is 13.4. The van der Waals surface area contributed by atoms with Crippen LogP contribution in [0.2, 0.25) is 0 Å². The summed E-state index contributed by atoms with van der Waals surface area (Å²) in [4.78, 5) is 13.4. The quantitative estimate of drug-likeness (QED) is 0.582. The van der Waals surface area contributed by atoms with Crippen LogP contribution in [0.25, 0.3) is 11.3 Å². The normalized spacial score (nSPS) is 22.0. The Morgan fingerprint density at radius 2 is 1.84 bits per heavy atom. The summed E-state index contributed by atoms with van der Waals surface area (Å²) in [6.45, 7) is 0. The Morgan fingerprint density at radius 1 is 1.06 bits per heavy atom. The van der Waals surface area contributed by atoms with Gasteiger partial charge in [0.2, 0.25) is 5.91 Å². The zero-order valence-corrected chi connectivity index (χ0v) is 17.8. The molecule has 2 fully saturated rings. The van der Waals surface area contributed by atoms with Crippen molar-refractivity contribution in [2.45, 2.75) is 50.0 Å². The lowest BCUT2D eigenvalue weighted by Gasteiger charge is -2.44. The molecule has 160 valence electrons. The van der Waals surface area contributed by atoms with E-state index in [9.17, 15) is 4.79 Å². The summed E-state index contributed by atoms with van der Waals surface area (Å²) in [6, 6.07) is 20.1. The van der Waals surface area contributed by atoms with Crippen LogP contribution < -0.4 is 10.1 Å². The maximum absolute atomic E-state index is 13.4. The van der Waals surface area contributed by atoms with Crippen LogP contribution in [0.1, 0.15) is 55.7 Å². The number of hydrogen-bond acceptors (Lipinski definition) is 4. The van der Waals surface area contributed by atoms with E-state index in [1.165, 1.54) is 5.56 Å². The number of rotatable bonds is 6. The molecule has 0 aliphatic heterocycles. The van der Waals surface area contributed by atoms with Crippen molar-refractivity contribution in [3.05, 3.63) is 71.9 Å². The first kappa shape index (κ1) is 19.9. The fraction of sp³-hybridized carbons (Fsp3) is 0.385. The number of methoxy groups -OCH3 is 1. The molecule has 3 aromatic rings. The molecule has 0 bridgehead atoms. The van der Waals surface area contributed by atoms with E-state index >= 15 is 0 Å². The molecule has 5 nitrogen and oxygen atoms in total. The maximum Gasteiger partial charge on any atom is 0.224 e. The molecule has 1 aromatic heterocycles. The molecule has 2 atom stereocenters. The number of nitrogens with one attached hydrogen (secondary N) is 1. The van der Waals surface area contributed by atoms with Gasteiger partial charge in [0.1, 0.15) is 5.75 Å². The molecule has 0 spiro atoms. The summed E-state index contributed by atoms with van der Waals surface area (Å²) in [7, 11) is 1.65. The molecule has 5 heteroatoms. The summed E-state index contributed by atoms with van der Waals surface area (Å²) in [5.74, 6) is 1.72. The highest BCUT2D eigenvalue weighted by Gasteiger charge is 2.43. The molecule has 2 aromatic carbocycles. The zero-order chi connectivity index (χ0) is 21.3. The van der Waals surface area contributed by atoms with Gasteiger partial charge in [-0.15, -0.1) is 0 Å². The lowest BCUT2D eigenvalue weighted by molar-refractivity contribution is -0.128. The average molecular weight is 417 g/mol. The molecule has 2 aliphatic carbocycles. The van der Waals surface area contributed by atoms with Gasteiger partial charge in [0.25, 0.3) is 0 Å². The first-order chi connectivity index (χ1) is 15.2. The van der Waals surface area contributed by atoms with Gasteiger partial charge in [-0.1, -0.05) is 41.9 Å². The number of hydrogen-bond donors (Lipinski definition) is 1. The Bertz CT molecular complexity index is 1040. The number of nitrogens with zero attached hydrogens (tertiary/aromatic N) is 1. The molecule has 1 N–H and O–H groups in total. The smallest absolute Gasteiger partial charge is 0.224 e. The molecular weight excluding hydrogens is 388 g/mol. The number of benzene rings is 2. The van der Waals surface area contributed by atoms with E-state index in [0.717, 1.165) is 61.3 Å². The Hall–Kier alpha value is -3.08. The van der Waals surface area contributed by atoms with Crippen molar-refractivity contribution in [1.82, 2.24) is 10.5 Å². The monoisotopic (exact) mass is 416 g/mol. The SMILES string of the molecule is COc1ccc(-c2cc([C@@H]3CCC[C@H]3C(=O)NC3(c4ccccc4)CCC3)no2)cc1. The molecule has 2 aliphatic rings. The van der Waals surface area contributed by atoms with Crippen LogP contribution in [0.5, 0.6) is 5.75 Å². The number of aromatic nitrogens is 1. The fourth-order valence-electron chi connectivity index (χ4n) is 5.08. The largest absolute Gasteiger partial charge is 0.497 e. The number of carbonyl (C=O) groups is 1. The van der Waals surface area contributed by atoms with E-state index in [1.807, 2.05) is 36.4 Å². The first-order valence-electron chi connectivity index (χ1n) is 11.2. The highest BCUT2D eigenvalue weighted by molar-refractivity contribution is 5.81. The van der Waals surface area contributed by atoms with Crippen LogP contribution in [0, 0.1) is 5.92 Å². The van der Waals surface area contributed by atoms with E-state index in [4.69, 9.17) is 9.26 Å². The van der Waals surface area contributed by atoms with Crippen LogP contribution >= 0.6 is 0 Å². The van der Waals surface area contributed by atoms with Gasteiger partial charge in [-0.3, -0.25) is 4.79 Å². The van der Waals surface area contributed by atoms with Gasteiger partial charge in [-0.05, 0) is 61.9 Å². The van der Waals surface area contributed by atoms with Gasteiger partial charge in [0.05, 0.1) is 18.3 Å². The third kappa shape index (κ3) is 3.73. The Balaban J connectivity index is 1.33. The second kappa shape index (κ2) is 8.22. The summed E-state index contributed by atoms with van der Waals surface area (Å²) in [5, 5.41) is 7.78. The third-order valence-electron chi connectivity index (χ3n) is 7.03. The van der Waals surface area contributed by atoms with E-state index in [-0.39, 0.29) is 23.3 Å². The van der Waals surface area contributed by atoms with Crippen molar-refractivity contribution in [3.63, 3.8) is 0 Å². The van der Waals surface area contributed by atoms with Crippen LogP contribution in [0.15, 0.2) is 65.2 Å². The summed E-state index contributed by atoms with van der Waals surface area (Å²) in [5.41, 5.74) is 2.85. The van der Waals surface area contributed by atoms with Crippen LogP contribution in [0.4, 0.5) is 0 Å². The van der Waals surface area contributed by atoms with Gasteiger partial charge in [-0.2, -0.15) is 0 Å². The predicted molar refractivity (Wildman–Crippen MR) is 119 cm³/mol. The fourth-order valence-corrected chi connectivity index (χ4v) is 5.08. The molecule has 2 saturated carbocycles. The highest BCUT2D eigenvalue weighted by Crippen LogP contribution is 2.44. The van der Waals surface area contributed by atoms with Crippen molar-refractivity contribution in [2.75, 3.05) is 7.11 Å². The first-order valence-corrected chi connectivity index (χ1v) is 11.2. The van der Waals surface area contributed by atoms with Crippen molar-refractivity contribution in [1.29, 1.82) is 0 Å². The van der Waals surface area contributed by atoms with Crippen LogP contribution in [-0.2, 0) is 10.3 Å². The summed E-state index contributed by atoms with van der Waals surface area (Å²) < 4.78 is 10.9. The molecule has 5 rings (SSSR count). The molecule has 0 unspecified atom stereocenters. The van der Waals surface area contributed by atoms with Gasteiger partial charge in [0, 0.05) is 23.5 Å². The van der Waals surface area contributed by atoms with Crippen molar-refractivity contribution >= 4 is 5.91 Å². The average Bonchev–Trinajstić information content (AvgIpc) is 3.46. The van der Waals surface area contributed by atoms with E-state index in [2.05, 4.69) is 34.7 Å². The minimum Gasteiger partial charge on any atom is -0.497 e. The number of ether oxygens (including phenoxy) is 1. The predicted octanol–water partition coefficient (Wildman–Crippen LogP) is 5.43. The molecule has 1 amide bonds. The van der Waals surface area contributed by atoms with Crippen molar-refractivity contribution in [2.24, 2.45) is 5.92 Å². The Kier molecular flexibility index (Phi) is 5.26. The Morgan fingerprint density at radius 3 is 2.52 bits per heavy atom. The van der Waals surface area contributed by atoms with E-state index in [1.54, 1.807) is 7.11 Å². The summed E-state index contributed by atoms with van der Waals surface area (Å²) in [6.07, 6.45) is 6.05. The molecule has 31 heavy (non-hydrogen) atoms. The minimum absolute atomic E-state index is 0.0602. The molecule has 0 radical (unpaired) electrons. The third-order valence-corrected chi connectivity index (χ3v) is 7.03.